The summed E-state index contributed by atoms with van der Waals surface area (Å²) < 4.78 is 32.5. The summed E-state index contributed by atoms with van der Waals surface area (Å²) in [6.45, 7) is 1.50. The summed E-state index contributed by atoms with van der Waals surface area (Å²) in [6, 6.07) is 2.26. The first-order chi connectivity index (χ1) is 8.85. The van der Waals surface area contributed by atoms with Crippen LogP contribution in [0.3, 0.4) is 0 Å². The van der Waals surface area contributed by atoms with Crippen molar-refractivity contribution in [2.24, 2.45) is 0 Å². The first-order valence-electron chi connectivity index (χ1n) is 5.61. The second kappa shape index (κ2) is 6.56. The number of ether oxygens (including phenoxy) is 1. The number of sulfonamides is 1. The molecule has 4 N–H and O–H groups in total. The van der Waals surface area contributed by atoms with Gasteiger partial charge in [-0.3, -0.25) is 0 Å². The van der Waals surface area contributed by atoms with Gasteiger partial charge in [-0.2, -0.15) is 0 Å². The molecule has 0 aliphatic carbocycles. The van der Waals surface area contributed by atoms with E-state index in [0.29, 0.717) is 16.6 Å². The lowest BCUT2D eigenvalue weighted by Gasteiger charge is -2.16. The van der Waals surface area contributed by atoms with Gasteiger partial charge in [0.15, 0.2) is 0 Å². The number of nitrogens with one attached hydrogen (secondary N) is 1. The predicted molar refractivity (Wildman–Crippen MR) is 76.6 cm³/mol. The summed E-state index contributed by atoms with van der Waals surface area (Å²) in [4.78, 5) is -0.0531. The van der Waals surface area contributed by atoms with Crippen molar-refractivity contribution in [2.75, 3.05) is 19.5 Å². The fourth-order valence-corrected chi connectivity index (χ4v) is 3.27. The number of rotatable bonds is 6. The summed E-state index contributed by atoms with van der Waals surface area (Å²) in [7, 11) is -2.43. The first kappa shape index (κ1) is 16.2. The number of aliphatic hydroxyl groups is 1. The Morgan fingerprint density at radius 3 is 2.63 bits per heavy atom. The molecule has 1 aromatic rings. The van der Waals surface area contributed by atoms with Gasteiger partial charge in [0.1, 0.15) is 10.6 Å². The Kier molecular flexibility index (Phi) is 5.60. The maximum atomic E-state index is 12.2. The molecule has 108 valence electrons. The highest BCUT2D eigenvalue weighted by Crippen LogP contribution is 2.32. The molecule has 0 spiro atoms. The van der Waals surface area contributed by atoms with Crippen LogP contribution in [-0.4, -0.2) is 33.3 Å². The van der Waals surface area contributed by atoms with Crippen LogP contribution in [0.25, 0.3) is 0 Å². The van der Waals surface area contributed by atoms with Crippen LogP contribution in [-0.2, 0) is 10.0 Å². The molecule has 0 aliphatic heterocycles. The molecule has 0 fully saturated rings. The van der Waals surface area contributed by atoms with Gasteiger partial charge in [0.2, 0.25) is 10.0 Å². The lowest BCUT2D eigenvalue weighted by Crippen LogP contribution is -2.37. The third-order valence-electron chi connectivity index (χ3n) is 2.61. The fraction of sp³-hybridized carbons (Fsp3) is 0.455. The van der Waals surface area contributed by atoms with Crippen molar-refractivity contribution in [1.82, 2.24) is 4.72 Å². The zero-order valence-corrected chi connectivity index (χ0v) is 13.1. The SMILES string of the molecule is CC[C@@H](CO)NS(=O)(=O)c1cc(N)c(Br)cc1OC. The topological polar surface area (TPSA) is 102 Å². The summed E-state index contributed by atoms with van der Waals surface area (Å²) >= 11 is 3.21. The van der Waals surface area contributed by atoms with Gasteiger partial charge in [0.25, 0.3) is 0 Å². The number of nitrogen functional groups attached to an aromatic ring is 1. The Balaban J connectivity index is 3.24. The number of hydrogen-bond acceptors (Lipinski definition) is 5. The number of halogens is 1. The van der Waals surface area contributed by atoms with Gasteiger partial charge >= 0.3 is 0 Å². The average molecular weight is 353 g/mol. The molecular formula is C11H17BrN2O4S. The summed E-state index contributed by atoms with van der Waals surface area (Å²) in [5.41, 5.74) is 5.98. The van der Waals surface area contributed by atoms with Gasteiger partial charge in [0.05, 0.1) is 13.7 Å². The highest BCUT2D eigenvalue weighted by atomic mass is 79.9. The lowest BCUT2D eigenvalue weighted by molar-refractivity contribution is 0.253. The standard InChI is InChI=1S/C11H17BrN2O4S/c1-3-7(6-15)14-19(16,17)11-5-9(13)8(12)4-10(11)18-2/h4-5,7,14-15H,3,6,13H2,1-2H3/t7-/m0/s1. The largest absolute Gasteiger partial charge is 0.495 e. The molecule has 0 aliphatic rings. The van der Waals surface area contributed by atoms with Crippen LogP contribution in [0.15, 0.2) is 21.5 Å². The Labute approximate surface area is 121 Å². The van der Waals surface area contributed by atoms with Gasteiger partial charge in [0, 0.05) is 16.2 Å². The van der Waals surface area contributed by atoms with E-state index >= 15 is 0 Å². The van der Waals surface area contributed by atoms with E-state index in [4.69, 9.17) is 15.6 Å². The van der Waals surface area contributed by atoms with E-state index < -0.39 is 16.1 Å². The Morgan fingerprint density at radius 1 is 1.53 bits per heavy atom. The molecular weight excluding hydrogens is 336 g/mol. The van der Waals surface area contributed by atoms with Crippen molar-refractivity contribution in [2.45, 2.75) is 24.3 Å². The molecule has 19 heavy (non-hydrogen) atoms. The van der Waals surface area contributed by atoms with Gasteiger partial charge in [-0.25, -0.2) is 13.1 Å². The van der Waals surface area contributed by atoms with Crippen LogP contribution >= 0.6 is 15.9 Å². The summed E-state index contributed by atoms with van der Waals surface area (Å²) in [5.74, 6) is 0.182. The van der Waals surface area contributed by atoms with E-state index in [1.807, 2.05) is 0 Å². The maximum Gasteiger partial charge on any atom is 0.244 e. The number of hydrogen-bond donors (Lipinski definition) is 3. The molecule has 0 aromatic heterocycles. The fourth-order valence-electron chi connectivity index (χ4n) is 1.45. The third kappa shape index (κ3) is 3.82. The molecule has 1 rings (SSSR count). The zero-order chi connectivity index (χ0) is 14.6. The minimum atomic E-state index is -3.80. The van der Waals surface area contributed by atoms with Crippen LogP contribution < -0.4 is 15.2 Å². The molecule has 0 bridgehead atoms. The van der Waals surface area contributed by atoms with E-state index in [1.54, 1.807) is 6.92 Å². The van der Waals surface area contributed by atoms with Crippen LogP contribution in [0.2, 0.25) is 0 Å². The quantitative estimate of drug-likeness (QED) is 0.665. The van der Waals surface area contributed by atoms with Gasteiger partial charge < -0.3 is 15.6 Å². The minimum Gasteiger partial charge on any atom is -0.495 e. The van der Waals surface area contributed by atoms with E-state index in [9.17, 15) is 8.42 Å². The molecule has 0 radical (unpaired) electrons. The molecule has 0 unspecified atom stereocenters. The van der Waals surface area contributed by atoms with Gasteiger partial charge in [-0.1, -0.05) is 6.92 Å². The van der Waals surface area contributed by atoms with Gasteiger partial charge in [-0.15, -0.1) is 0 Å². The summed E-state index contributed by atoms with van der Waals surface area (Å²) in [6.07, 6.45) is 0.476. The van der Waals surface area contributed by atoms with Crippen molar-refractivity contribution in [1.29, 1.82) is 0 Å². The lowest BCUT2D eigenvalue weighted by atomic mass is 10.3. The Hall–Kier alpha value is -0.830. The Bertz CT molecular complexity index is 544. The van der Waals surface area contributed by atoms with Crippen LogP contribution in [0.4, 0.5) is 5.69 Å². The molecule has 6 nitrogen and oxygen atoms in total. The van der Waals surface area contributed by atoms with Crippen LogP contribution in [0, 0.1) is 0 Å². The number of benzene rings is 1. The monoisotopic (exact) mass is 352 g/mol. The predicted octanol–water partition coefficient (Wildman–Crippen LogP) is 1.09. The van der Waals surface area contributed by atoms with Gasteiger partial charge in [-0.05, 0) is 34.5 Å². The highest BCUT2D eigenvalue weighted by Gasteiger charge is 2.23. The highest BCUT2D eigenvalue weighted by molar-refractivity contribution is 9.10. The zero-order valence-electron chi connectivity index (χ0n) is 10.7. The second-order valence-corrected chi connectivity index (χ2v) is 6.47. The van der Waals surface area contributed by atoms with E-state index in [1.165, 1.54) is 19.2 Å². The van der Waals surface area contributed by atoms with Crippen LogP contribution in [0.1, 0.15) is 13.3 Å². The smallest absolute Gasteiger partial charge is 0.244 e. The summed E-state index contributed by atoms with van der Waals surface area (Å²) in [5, 5.41) is 9.07. The normalized spacial score (nSPS) is 13.3. The van der Waals surface area contributed by atoms with Crippen molar-refractivity contribution < 1.29 is 18.3 Å². The number of anilines is 1. The number of nitrogens with two attached hydrogens (primary N) is 1. The van der Waals surface area contributed by atoms with Crippen molar-refractivity contribution in [3.63, 3.8) is 0 Å². The maximum absolute atomic E-state index is 12.2. The molecule has 1 aromatic carbocycles. The molecule has 0 saturated carbocycles. The van der Waals surface area contributed by atoms with E-state index in [0.717, 1.165) is 0 Å². The van der Waals surface area contributed by atoms with E-state index in [-0.39, 0.29) is 17.3 Å². The molecule has 8 heteroatoms. The number of aliphatic hydroxyl groups excluding tert-OH is 1. The minimum absolute atomic E-state index is 0.0531. The van der Waals surface area contributed by atoms with Crippen molar-refractivity contribution in [3.05, 3.63) is 16.6 Å². The third-order valence-corrected chi connectivity index (χ3v) is 4.84. The van der Waals surface area contributed by atoms with Crippen molar-refractivity contribution >= 4 is 31.6 Å². The molecule has 0 heterocycles. The molecule has 1 atom stereocenters. The Morgan fingerprint density at radius 2 is 2.16 bits per heavy atom. The average Bonchev–Trinajstić information content (AvgIpc) is 2.38. The van der Waals surface area contributed by atoms with Crippen LogP contribution in [0.5, 0.6) is 5.75 Å². The van der Waals surface area contributed by atoms with Crippen molar-refractivity contribution in [3.8, 4) is 5.75 Å². The molecule has 0 saturated heterocycles. The second-order valence-electron chi connectivity index (χ2n) is 3.93. The van der Waals surface area contributed by atoms with E-state index in [2.05, 4.69) is 20.7 Å². The molecule has 0 amide bonds. The first-order valence-corrected chi connectivity index (χ1v) is 7.89. The number of methoxy groups -OCH3 is 1.